The Hall–Kier alpha value is -2.08. The van der Waals surface area contributed by atoms with Gasteiger partial charge in [-0.15, -0.1) is 0 Å². The first-order valence-electron chi connectivity index (χ1n) is 4.60. The third-order valence-corrected chi connectivity index (χ3v) is 2.01. The van der Waals surface area contributed by atoms with Crippen molar-refractivity contribution in [2.75, 3.05) is 12.4 Å². The number of aryl methyl sites for hydroxylation is 1. The van der Waals surface area contributed by atoms with Crippen LogP contribution in [0.25, 0.3) is 0 Å². The van der Waals surface area contributed by atoms with E-state index in [0.29, 0.717) is 5.56 Å². The van der Waals surface area contributed by atoms with Crippen LogP contribution in [0.2, 0.25) is 0 Å². The van der Waals surface area contributed by atoms with Gasteiger partial charge in [-0.3, -0.25) is 4.99 Å². The summed E-state index contributed by atoms with van der Waals surface area (Å²) >= 11 is 0. The Kier molecular flexibility index (Phi) is 3.64. The predicted molar refractivity (Wildman–Crippen MR) is 63.8 cm³/mol. The Labute approximate surface area is 89.8 Å². The average molecular weight is 199 g/mol. The van der Waals surface area contributed by atoms with Crippen LogP contribution >= 0.6 is 0 Å². The summed E-state index contributed by atoms with van der Waals surface area (Å²) in [5.74, 6) is 0. The summed E-state index contributed by atoms with van der Waals surface area (Å²) in [6.45, 7) is 5.50. The van der Waals surface area contributed by atoms with Gasteiger partial charge in [-0.1, -0.05) is 12.7 Å². The third-order valence-electron chi connectivity index (χ3n) is 2.01. The molecule has 3 heteroatoms. The summed E-state index contributed by atoms with van der Waals surface area (Å²) in [6, 6.07) is 5.71. The molecule has 0 heterocycles. The van der Waals surface area contributed by atoms with E-state index >= 15 is 0 Å². The van der Waals surface area contributed by atoms with Crippen LogP contribution in [0.3, 0.4) is 0 Å². The molecule has 0 spiro atoms. The Morgan fingerprint density at radius 2 is 2.27 bits per heavy atom. The molecule has 0 radical (unpaired) electrons. The maximum Gasteiger partial charge on any atom is 0.0992 e. The lowest BCUT2D eigenvalue weighted by Crippen LogP contribution is -1.92. The van der Waals surface area contributed by atoms with Crippen LogP contribution in [0, 0.1) is 18.3 Å². The molecule has 0 amide bonds. The van der Waals surface area contributed by atoms with E-state index in [4.69, 9.17) is 5.26 Å². The molecular formula is C12H13N3. The molecule has 0 saturated heterocycles. The van der Waals surface area contributed by atoms with Gasteiger partial charge in [-0.25, -0.2) is 0 Å². The third kappa shape index (κ3) is 2.44. The number of aliphatic imine (C=N–C) groups is 1. The van der Waals surface area contributed by atoms with Gasteiger partial charge in [-0.2, -0.15) is 5.26 Å². The number of benzene rings is 1. The van der Waals surface area contributed by atoms with E-state index in [1.54, 1.807) is 18.4 Å². The molecular weight excluding hydrogens is 186 g/mol. The lowest BCUT2D eigenvalue weighted by atomic mass is 10.1. The number of anilines is 1. The van der Waals surface area contributed by atoms with E-state index in [0.717, 1.165) is 16.9 Å². The highest BCUT2D eigenvalue weighted by molar-refractivity contribution is 5.80. The summed E-state index contributed by atoms with van der Waals surface area (Å²) < 4.78 is 0. The maximum absolute atomic E-state index is 8.82. The predicted octanol–water partition coefficient (Wildman–Crippen LogP) is 2.80. The molecule has 0 aliphatic heterocycles. The van der Waals surface area contributed by atoms with Crippen molar-refractivity contribution in [3.05, 3.63) is 35.9 Å². The van der Waals surface area contributed by atoms with Crippen molar-refractivity contribution < 1.29 is 0 Å². The minimum Gasteiger partial charge on any atom is -0.386 e. The molecule has 0 aromatic heterocycles. The maximum atomic E-state index is 8.82. The largest absolute Gasteiger partial charge is 0.386 e. The number of allylic oxidation sites excluding steroid dienone is 1. The molecule has 0 unspecified atom stereocenters. The van der Waals surface area contributed by atoms with Crippen LogP contribution in [0.15, 0.2) is 29.8 Å². The number of hydrogen-bond acceptors (Lipinski definition) is 3. The molecule has 0 atom stereocenters. The minimum absolute atomic E-state index is 0.634. The molecule has 0 aliphatic rings. The Balaban J connectivity index is 3.31. The fraction of sp³-hybridized carbons (Fsp3) is 0.167. The molecule has 15 heavy (non-hydrogen) atoms. The highest BCUT2D eigenvalue weighted by Gasteiger charge is 2.05. The minimum atomic E-state index is 0.634. The van der Waals surface area contributed by atoms with Crippen molar-refractivity contribution >= 4 is 17.6 Å². The first-order valence-corrected chi connectivity index (χ1v) is 4.60. The summed E-state index contributed by atoms with van der Waals surface area (Å²) in [7, 11) is 1.81. The molecule has 0 saturated carbocycles. The van der Waals surface area contributed by atoms with Crippen molar-refractivity contribution in [1.29, 1.82) is 5.26 Å². The van der Waals surface area contributed by atoms with Gasteiger partial charge in [0.25, 0.3) is 0 Å². The van der Waals surface area contributed by atoms with Crippen LogP contribution in [-0.4, -0.2) is 13.3 Å². The fourth-order valence-corrected chi connectivity index (χ4v) is 1.33. The molecule has 0 fully saturated rings. The Morgan fingerprint density at radius 1 is 1.53 bits per heavy atom. The molecule has 1 N–H and O–H groups in total. The number of nitriles is 1. The zero-order chi connectivity index (χ0) is 11.3. The van der Waals surface area contributed by atoms with Crippen LogP contribution in [0.1, 0.15) is 11.1 Å². The zero-order valence-corrected chi connectivity index (χ0v) is 8.91. The number of nitrogens with one attached hydrogen (secondary N) is 1. The molecule has 1 rings (SSSR count). The lowest BCUT2D eigenvalue weighted by molar-refractivity contribution is 1.36. The van der Waals surface area contributed by atoms with Gasteiger partial charge in [0.2, 0.25) is 0 Å². The van der Waals surface area contributed by atoms with E-state index in [2.05, 4.69) is 23.0 Å². The second kappa shape index (κ2) is 4.97. The summed E-state index contributed by atoms with van der Waals surface area (Å²) in [6.07, 6.45) is 3.26. The SMILES string of the molecule is C=C/C=N\c1c(C)cc(C#N)cc1NC. The highest BCUT2D eigenvalue weighted by atomic mass is 14.9. The van der Waals surface area contributed by atoms with E-state index in [1.807, 2.05) is 20.0 Å². The van der Waals surface area contributed by atoms with Crippen molar-refractivity contribution in [2.45, 2.75) is 6.92 Å². The highest BCUT2D eigenvalue weighted by Crippen LogP contribution is 2.29. The van der Waals surface area contributed by atoms with Gasteiger partial charge < -0.3 is 5.32 Å². The molecule has 0 aliphatic carbocycles. The van der Waals surface area contributed by atoms with Crippen molar-refractivity contribution in [3.63, 3.8) is 0 Å². The van der Waals surface area contributed by atoms with Gasteiger partial charge >= 0.3 is 0 Å². The van der Waals surface area contributed by atoms with E-state index in [-0.39, 0.29) is 0 Å². The van der Waals surface area contributed by atoms with Gasteiger partial charge in [0.15, 0.2) is 0 Å². The van der Waals surface area contributed by atoms with Crippen molar-refractivity contribution in [1.82, 2.24) is 0 Å². The van der Waals surface area contributed by atoms with Crippen molar-refractivity contribution in [3.8, 4) is 6.07 Å². The molecule has 1 aromatic carbocycles. The van der Waals surface area contributed by atoms with Gasteiger partial charge in [-0.05, 0) is 24.6 Å². The number of nitrogens with zero attached hydrogens (tertiary/aromatic N) is 2. The molecule has 0 bridgehead atoms. The van der Waals surface area contributed by atoms with E-state index < -0.39 is 0 Å². The Morgan fingerprint density at radius 3 is 2.80 bits per heavy atom. The van der Waals surface area contributed by atoms with Crippen LogP contribution in [0.4, 0.5) is 11.4 Å². The fourth-order valence-electron chi connectivity index (χ4n) is 1.33. The first kappa shape index (κ1) is 11.0. The van der Waals surface area contributed by atoms with Gasteiger partial charge in [0, 0.05) is 13.3 Å². The molecule has 76 valence electrons. The van der Waals surface area contributed by atoms with Gasteiger partial charge in [0.1, 0.15) is 0 Å². The standard InChI is InChI=1S/C12H13N3/c1-4-5-15-12-9(2)6-10(8-13)7-11(12)14-3/h4-7,14H,1H2,2-3H3/b15-5-. The van der Waals surface area contributed by atoms with Crippen LogP contribution < -0.4 is 5.32 Å². The zero-order valence-electron chi connectivity index (χ0n) is 8.91. The monoisotopic (exact) mass is 199 g/mol. The van der Waals surface area contributed by atoms with Gasteiger partial charge in [0.05, 0.1) is 23.0 Å². The summed E-state index contributed by atoms with van der Waals surface area (Å²) in [5, 5.41) is 11.8. The number of rotatable bonds is 3. The number of hydrogen-bond donors (Lipinski definition) is 1. The Bertz CT molecular complexity index is 439. The van der Waals surface area contributed by atoms with Crippen LogP contribution in [-0.2, 0) is 0 Å². The topological polar surface area (TPSA) is 48.2 Å². The van der Waals surface area contributed by atoms with E-state index in [9.17, 15) is 0 Å². The molecule has 1 aromatic rings. The van der Waals surface area contributed by atoms with Crippen LogP contribution in [0.5, 0.6) is 0 Å². The lowest BCUT2D eigenvalue weighted by Gasteiger charge is -2.08. The average Bonchev–Trinajstić information content (AvgIpc) is 2.26. The first-order chi connectivity index (χ1) is 7.22. The van der Waals surface area contributed by atoms with Crippen molar-refractivity contribution in [2.24, 2.45) is 4.99 Å². The molecule has 3 nitrogen and oxygen atoms in total. The quantitative estimate of drug-likeness (QED) is 0.761. The second-order valence-corrected chi connectivity index (χ2v) is 3.06. The summed E-state index contributed by atoms with van der Waals surface area (Å²) in [4.78, 5) is 4.26. The van der Waals surface area contributed by atoms with E-state index in [1.165, 1.54) is 0 Å². The normalized spacial score (nSPS) is 9.93. The summed E-state index contributed by atoms with van der Waals surface area (Å²) in [5.41, 5.74) is 3.30. The smallest absolute Gasteiger partial charge is 0.0992 e. The second-order valence-electron chi connectivity index (χ2n) is 3.06.